The number of aryl methyl sites for hydroxylation is 1. The summed E-state index contributed by atoms with van der Waals surface area (Å²) in [5.74, 6) is 0.489. The Hall–Kier alpha value is -0.840. The molecule has 0 aliphatic heterocycles. The number of carbonyl (C=O) groups excluding carboxylic acids is 1. The molecule has 0 unspecified atom stereocenters. The van der Waals surface area contributed by atoms with E-state index >= 15 is 0 Å². The van der Waals surface area contributed by atoms with E-state index in [0.29, 0.717) is 5.82 Å². The molecule has 0 aliphatic rings. The van der Waals surface area contributed by atoms with Crippen LogP contribution in [0.1, 0.15) is 20.8 Å². The first-order valence-electron chi connectivity index (χ1n) is 4.47. The Balaban J connectivity index is 2.65. The summed E-state index contributed by atoms with van der Waals surface area (Å²) < 4.78 is 1.19. The van der Waals surface area contributed by atoms with Crippen molar-refractivity contribution < 1.29 is 4.79 Å². The van der Waals surface area contributed by atoms with Gasteiger partial charge in [-0.1, -0.05) is 15.9 Å². The molecule has 0 saturated carbocycles. The van der Waals surface area contributed by atoms with Crippen LogP contribution in [0.25, 0.3) is 0 Å². The molecule has 14 heavy (non-hydrogen) atoms. The summed E-state index contributed by atoms with van der Waals surface area (Å²) in [5.41, 5.74) is 0. The molecular formula is C9H14BrN3O. The molecule has 0 saturated heterocycles. The lowest BCUT2D eigenvalue weighted by Gasteiger charge is -2.14. The smallest absolute Gasteiger partial charge is 0.241 e. The molecule has 0 spiro atoms. The van der Waals surface area contributed by atoms with Gasteiger partial charge in [0.1, 0.15) is 0 Å². The SMILES string of the molecule is CCn1ccc(NC(=O)C(C)(C)Br)n1. The zero-order valence-corrected chi connectivity index (χ0v) is 10.1. The van der Waals surface area contributed by atoms with Crippen molar-refractivity contribution in [1.82, 2.24) is 9.78 Å². The van der Waals surface area contributed by atoms with Gasteiger partial charge in [-0.3, -0.25) is 9.48 Å². The summed E-state index contributed by atoms with van der Waals surface area (Å²) >= 11 is 3.28. The van der Waals surface area contributed by atoms with E-state index in [1.165, 1.54) is 0 Å². The first-order chi connectivity index (χ1) is 6.43. The van der Waals surface area contributed by atoms with Gasteiger partial charge in [0, 0.05) is 18.8 Å². The lowest BCUT2D eigenvalue weighted by Crippen LogP contribution is -2.31. The van der Waals surface area contributed by atoms with Gasteiger partial charge in [-0.15, -0.1) is 0 Å². The third-order valence-electron chi connectivity index (χ3n) is 1.75. The van der Waals surface area contributed by atoms with Crippen molar-refractivity contribution in [2.45, 2.75) is 31.6 Å². The molecular weight excluding hydrogens is 246 g/mol. The Morgan fingerprint density at radius 1 is 1.71 bits per heavy atom. The first kappa shape index (κ1) is 11.2. The average molecular weight is 260 g/mol. The first-order valence-corrected chi connectivity index (χ1v) is 5.26. The van der Waals surface area contributed by atoms with Crippen LogP contribution in [-0.4, -0.2) is 20.0 Å². The van der Waals surface area contributed by atoms with E-state index in [4.69, 9.17) is 0 Å². The Morgan fingerprint density at radius 3 is 2.79 bits per heavy atom. The highest BCUT2D eigenvalue weighted by atomic mass is 79.9. The van der Waals surface area contributed by atoms with Crippen molar-refractivity contribution in [1.29, 1.82) is 0 Å². The predicted molar refractivity (Wildman–Crippen MR) is 59.5 cm³/mol. The summed E-state index contributed by atoms with van der Waals surface area (Å²) in [6.07, 6.45) is 1.83. The lowest BCUT2D eigenvalue weighted by atomic mass is 10.2. The number of nitrogens with zero attached hydrogens (tertiary/aromatic N) is 2. The van der Waals surface area contributed by atoms with E-state index in [0.717, 1.165) is 6.54 Å². The number of aromatic nitrogens is 2. The van der Waals surface area contributed by atoms with Crippen LogP contribution in [-0.2, 0) is 11.3 Å². The van der Waals surface area contributed by atoms with Gasteiger partial charge in [-0.05, 0) is 20.8 Å². The highest BCUT2D eigenvalue weighted by molar-refractivity contribution is 9.10. The number of halogens is 1. The predicted octanol–water partition coefficient (Wildman–Crippen LogP) is 2.01. The number of alkyl halides is 1. The van der Waals surface area contributed by atoms with Gasteiger partial charge in [0.2, 0.25) is 5.91 Å². The summed E-state index contributed by atoms with van der Waals surface area (Å²) in [6, 6.07) is 1.78. The van der Waals surface area contributed by atoms with Gasteiger partial charge in [-0.2, -0.15) is 5.10 Å². The minimum Gasteiger partial charge on any atom is -0.308 e. The number of hydrogen-bond donors (Lipinski definition) is 1. The van der Waals surface area contributed by atoms with Crippen LogP contribution in [0.15, 0.2) is 12.3 Å². The molecule has 1 amide bonds. The normalized spacial score (nSPS) is 11.4. The second-order valence-corrected chi connectivity index (χ2v) is 5.47. The largest absolute Gasteiger partial charge is 0.308 e. The van der Waals surface area contributed by atoms with Crippen molar-refractivity contribution in [3.63, 3.8) is 0 Å². The standard InChI is InChI=1S/C9H14BrN3O/c1-4-13-6-5-7(12-13)11-8(14)9(2,3)10/h5-6H,4H2,1-3H3,(H,11,12,14). The monoisotopic (exact) mass is 259 g/mol. The number of amides is 1. The van der Waals surface area contributed by atoms with Crippen LogP contribution in [0.5, 0.6) is 0 Å². The maximum absolute atomic E-state index is 11.5. The van der Waals surface area contributed by atoms with Crippen LogP contribution >= 0.6 is 15.9 Å². The summed E-state index contributed by atoms with van der Waals surface area (Å²) in [4.78, 5) is 11.5. The van der Waals surface area contributed by atoms with Gasteiger partial charge >= 0.3 is 0 Å². The number of anilines is 1. The van der Waals surface area contributed by atoms with E-state index in [1.807, 2.05) is 13.1 Å². The van der Waals surface area contributed by atoms with Crippen molar-refractivity contribution in [2.75, 3.05) is 5.32 Å². The lowest BCUT2D eigenvalue weighted by molar-refractivity contribution is -0.117. The van der Waals surface area contributed by atoms with E-state index < -0.39 is 4.32 Å². The number of hydrogen-bond acceptors (Lipinski definition) is 2. The Morgan fingerprint density at radius 2 is 2.36 bits per heavy atom. The molecule has 0 bridgehead atoms. The van der Waals surface area contributed by atoms with E-state index in [-0.39, 0.29) is 5.91 Å². The van der Waals surface area contributed by atoms with Crippen LogP contribution < -0.4 is 5.32 Å². The fraction of sp³-hybridized carbons (Fsp3) is 0.556. The van der Waals surface area contributed by atoms with Crippen molar-refractivity contribution in [2.24, 2.45) is 0 Å². The summed E-state index contributed by atoms with van der Waals surface area (Å²) in [5, 5.41) is 6.86. The molecule has 0 aromatic carbocycles. The molecule has 0 fully saturated rings. The third-order valence-corrected chi connectivity index (χ3v) is 2.11. The number of rotatable bonds is 3. The average Bonchev–Trinajstić information content (AvgIpc) is 2.50. The molecule has 0 atom stereocenters. The van der Waals surface area contributed by atoms with Gasteiger partial charge in [-0.25, -0.2) is 0 Å². The summed E-state index contributed by atoms with van der Waals surface area (Å²) in [6.45, 7) is 6.37. The minimum absolute atomic E-state index is 0.0983. The number of nitrogens with one attached hydrogen (secondary N) is 1. The minimum atomic E-state index is -0.566. The molecule has 1 N–H and O–H groups in total. The second-order valence-electron chi connectivity index (χ2n) is 3.48. The Labute approximate surface area is 91.8 Å². The van der Waals surface area contributed by atoms with Gasteiger partial charge < -0.3 is 5.32 Å². The van der Waals surface area contributed by atoms with Crippen LogP contribution in [0, 0.1) is 0 Å². The number of carbonyl (C=O) groups is 1. The second kappa shape index (κ2) is 4.13. The van der Waals surface area contributed by atoms with Gasteiger partial charge in [0.15, 0.2) is 5.82 Å². The van der Waals surface area contributed by atoms with Gasteiger partial charge in [0.25, 0.3) is 0 Å². The Bertz CT molecular complexity index is 327. The molecule has 0 radical (unpaired) electrons. The quantitative estimate of drug-likeness (QED) is 0.845. The Kier molecular flexibility index (Phi) is 3.31. The molecule has 1 aromatic rings. The zero-order chi connectivity index (χ0) is 10.8. The molecule has 4 nitrogen and oxygen atoms in total. The molecule has 5 heteroatoms. The van der Waals surface area contributed by atoms with Crippen LogP contribution in [0.3, 0.4) is 0 Å². The van der Waals surface area contributed by atoms with E-state index in [9.17, 15) is 4.79 Å². The van der Waals surface area contributed by atoms with E-state index in [2.05, 4.69) is 26.3 Å². The molecule has 1 rings (SSSR count). The molecule has 0 aliphatic carbocycles. The summed E-state index contributed by atoms with van der Waals surface area (Å²) in [7, 11) is 0. The molecule has 1 heterocycles. The third kappa shape index (κ3) is 2.83. The van der Waals surface area contributed by atoms with Gasteiger partial charge in [0.05, 0.1) is 4.32 Å². The van der Waals surface area contributed by atoms with Crippen LogP contribution in [0.4, 0.5) is 5.82 Å². The van der Waals surface area contributed by atoms with Crippen LogP contribution in [0.2, 0.25) is 0 Å². The fourth-order valence-corrected chi connectivity index (χ4v) is 0.969. The highest BCUT2D eigenvalue weighted by Crippen LogP contribution is 2.17. The maximum atomic E-state index is 11.5. The van der Waals surface area contributed by atoms with Crippen molar-refractivity contribution >= 4 is 27.7 Å². The highest BCUT2D eigenvalue weighted by Gasteiger charge is 2.23. The van der Waals surface area contributed by atoms with Crippen molar-refractivity contribution in [3.05, 3.63) is 12.3 Å². The topological polar surface area (TPSA) is 46.9 Å². The van der Waals surface area contributed by atoms with Crippen molar-refractivity contribution in [3.8, 4) is 0 Å². The zero-order valence-electron chi connectivity index (χ0n) is 8.54. The molecule has 1 aromatic heterocycles. The van der Waals surface area contributed by atoms with E-state index in [1.54, 1.807) is 24.6 Å². The maximum Gasteiger partial charge on any atom is 0.241 e. The molecule has 78 valence electrons. The fourth-order valence-electron chi connectivity index (χ4n) is 0.869.